The van der Waals surface area contributed by atoms with Crippen LogP contribution in [0.25, 0.3) is 16.7 Å². The number of aromatic nitrogens is 4. The third-order valence-electron chi connectivity index (χ3n) is 4.64. The summed E-state index contributed by atoms with van der Waals surface area (Å²) in [7, 11) is 0. The maximum Gasteiger partial charge on any atom is 0.262 e. The van der Waals surface area contributed by atoms with Crippen LogP contribution >= 0.6 is 23.4 Å². The van der Waals surface area contributed by atoms with Gasteiger partial charge < -0.3 is 19.8 Å². The van der Waals surface area contributed by atoms with Crippen molar-refractivity contribution in [2.45, 2.75) is 19.0 Å². The Morgan fingerprint density at radius 3 is 2.71 bits per heavy atom. The van der Waals surface area contributed by atoms with Gasteiger partial charge in [0, 0.05) is 16.8 Å². The molecule has 1 amide bonds. The zero-order valence-electron chi connectivity index (χ0n) is 18.5. The Bertz CT molecular complexity index is 1390. The molecule has 2 aromatic carbocycles. The van der Waals surface area contributed by atoms with Crippen LogP contribution in [0.1, 0.15) is 13.8 Å². The summed E-state index contributed by atoms with van der Waals surface area (Å²) in [5.74, 6) is 0.947. The van der Waals surface area contributed by atoms with Crippen molar-refractivity contribution in [3.63, 3.8) is 0 Å². The lowest BCUT2D eigenvalue weighted by molar-refractivity contribution is -0.113. The average molecular weight is 500 g/mol. The number of carbonyl (C=O) groups is 1. The van der Waals surface area contributed by atoms with E-state index in [2.05, 4.69) is 20.4 Å². The maximum atomic E-state index is 12.5. The van der Waals surface area contributed by atoms with Gasteiger partial charge in [0.25, 0.3) is 5.56 Å². The summed E-state index contributed by atoms with van der Waals surface area (Å²) in [6, 6.07) is 12.3. The third kappa shape index (κ3) is 5.35. The van der Waals surface area contributed by atoms with Crippen LogP contribution < -0.4 is 20.3 Å². The van der Waals surface area contributed by atoms with Crippen molar-refractivity contribution in [1.82, 2.24) is 19.7 Å². The summed E-state index contributed by atoms with van der Waals surface area (Å²) < 4.78 is 12.7. The van der Waals surface area contributed by atoms with E-state index in [1.54, 1.807) is 36.4 Å². The summed E-state index contributed by atoms with van der Waals surface area (Å²) in [6.07, 6.45) is 1.45. The molecule has 0 aliphatic rings. The maximum absolute atomic E-state index is 12.5. The highest BCUT2D eigenvalue weighted by atomic mass is 35.5. The molecule has 0 aliphatic heterocycles. The predicted molar refractivity (Wildman–Crippen MR) is 133 cm³/mol. The number of H-pyrrole nitrogens is 1. The van der Waals surface area contributed by atoms with Crippen molar-refractivity contribution >= 4 is 46.0 Å². The highest BCUT2D eigenvalue weighted by Crippen LogP contribution is 2.30. The van der Waals surface area contributed by atoms with E-state index >= 15 is 0 Å². The lowest BCUT2D eigenvalue weighted by atomic mass is 10.2. The standard InChI is InChI=1S/C23H22ClN5O4S/c1-3-32-18-9-8-15(11-19(18)33-4-2)26-20(30)13-34-23-27-21-17(22(31)28-23)12-25-29(21)16-7-5-6-14(24)10-16/h5-12H,3-4,13H2,1-2H3,(H,26,30)(H,27,28,31). The SMILES string of the molecule is CCOc1ccc(NC(=O)CSc2nc3c(cnn3-c3cccc(Cl)c3)c(=O)[nH]2)cc1OCC. The zero-order valence-corrected chi connectivity index (χ0v) is 20.1. The molecule has 34 heavy (non-hydrogen) atoms. The first-order valence-corrected chi connectivity index (χ1v) is 11.9. The predicted octanol–water partition coefficient (Wildman–Crippen LogP) is 4.29. The summed E-state index contributed by atoms with van der Waals surface area (Å²) in [4.78, 5) is 32.2. The van der Waals surface area contributed by atoms with Crippen LogP contribution in [0.2, 0.25) is 5.02 Å². The van der Waals surface area contributed by atoms with Crippen LogP contribution in [-0.2, 0) is 4.79 Å². The monoisotopic (exact) mass is 499 g/mol. The fraction of sp³-hybridized carbons (Fsp3) is 0.217. The number of benzene rings is 2. The molecular formula is C23H22ClN5O4S. The normalized spacial score (nSPS) is 10.9. The number of anilines is 1. The van der Waals surface area contributed by atoms with Crippen LogP contribution in [0, 0.1) is 0 Å². The number of thioether (sulfide) groups is 1. The molecule has 0 aliphatic carbocycles. The molecule has 0 saturated carbocycles. The van der Waals surface area contributed by atoms with Gasteiger partial charge in [-0.3, -0.25) is 9.59 Å². The highest BCUT2D eigenvalue weighted by Gasteiger charge is 2.14. The summed E-state index contributed by atoms with van der Waals surface area (Å²) >= 11 is 7.20. The smallest absolute Gasteiger partial charge is 0.262 e. The van der Waals surface area contributed by atoms with Gasteiger partial charge in [0.2, 0.25) is 5.91 Å². The molecule has 9 nitrogen and oxygen atoms in total. The first kappa shape index (κ1) is 23.7. The molecule has 0 spiro atoms. The van der Waals surface area contributed by atoms with Crippen molar-refractivity contribution in [2.24, 2.45) is 0 Å². The Labute approximate surface area is 204 Å². The second-order valence-electron chi connectivity index (χ2n) is 7.01. The minimum absolute atomic E-state index is 0.0386. The van der Waals surface area contributed by atoms with E-state index in [-0.39, 0.29) is 17.2 Å². The number of nitrogens with one attached hydrogen (secondary N) is 2. The lowest BCUT2D eigenvalue weighted by Gasteiger charge is -2.13. The van der Waals surface area contributed by atoms with E-state index in [4.69, 9.17) is 21.1 Å². The first-order chi connectivity index (χ1) is 16.5. The molecule has 2 N–H and O–H groups in total. The molecule has 2 aromatic heterocycles. The van der Waals surface area contributed by atoms with Gasteiger partial charge in [-0.1, -0.05) is 29.4 Å². The number of rotatable bonds is 9. The fourth-order valence-electron chi connectivity index (χ4n) is 3.22. The van der Waals surface area contributed by atoms with Crippen molar-refractivity contribution in [3.05, 3.63) is 64.0 Å². The van der Waals surface area contributed by atoms with Gasteiger partial charge in [-0.25, -0.2) is 9.67 Å². The number of amides is 1. The largest absolute Gasteiger partial charge is 0.490 e. The van der Waals surface area contributed by atoms with Crippen LogP contribution in [-0.4, -0.2) is 44.6 Å². The molecule has 4 aromatic rings. The Hall–Kier alpha value is -3.50. The minimum atomic E-state index is -0.339. The van der Waals surface area contributed by atoms with Crippen molar-refractivity contribution in [2.75, 3.05) is 24.3 Å². The van der Waals surface area contributed by atoms with Crippen molar-refractivity contribution in [1.29, 1.82) is 0 Å². The Morgan fingerprint density at radius 2 is 1.94 bits per heavy atom. The first-order valence-electron chi connectivity index (χ1n) is 10.5. The van der Waals surface area contributed by atoms with Crippen LogP contribution in [0.5, 0.6) is 11.5 Å². The number of ether oxygens (including phenoxy) is 2. The van der Waals surface area contributed by atoms with E-state index in [1.165, 1.54) is 10.9 Å². The Kier molecular flexibility index (Phi) is 7.39. The molecular weight excluding hydrogens is 478 g/mol. The molecule has 0 bridgehead atoms. The molecule has 0 atom stereocenters. The van der Waals surface area contributed by atoms with E-state index in [0.717, 1.165) is 11.8 Å². The molecule has 0 saturated heterocycles. The minimum Gasteiger partial charge on any atom is -0.490 e. The number of carbonyl (C=O) groups excluding carboxylic acids is 1. The van der Waals surface area contributed by atoms with Crippen LogP contribution in [0.3, 0.4) is 0 Å². The average Bonchev–Trinajstić information content (AvgIpc) is 3.24. The van der Waals surface area contributed by atoms with E-state index in [0.29, 0.717) is 57.3 Å². The zero-order chi connectivity index (χ0) is 24.1. The van der Waals surface area contributed by atoms with E-state index < -0.39 is 0 Å². The van der Waals surface area contributed by atoms with Gasteiger partial charge in [-0.2, -0.15) is 5.10 Å². The molecule has 2 heterocycles. The molecule has 11 heteroatoms. The number of hydrogen-bond acceptors (Lipinski definition) is 7. The third-order valence-corrected chi connectivity index (χ3v) is 5.74. The molecule has 176 valence electrons. The van der Waals surface area contributed by atoms with Gasteiger partial charge in [0.05, 0.1) is 30.9 Å². The van der Waals surface area contributed by atoms with Crippen molar-refractivity contribution in [3.8, 4) is 17.2 Å². The number of halogens is 1. The van der Waals surface area contributed by atoms with Crippen molar-refractivity contribution < 1.29 is 14.3 Å². The number of nitrogens with zero attached hydrogens (tertiary/aromatic N) is 3. The topological polar surface area (TPSA) is 111 Å². The Morgan fingerprint density at radius 1 is 1.15 bits per heavy atom. The van der Waals surface area contributed by atoms with Gasteiger partial charge in [0.15, 0.2) is 22.3 Å². The lowest BCUT2D eigenvalue weighted by Crippen LogP contribution is -2.16. The second-order valence-corrected chi connectivity index (χ2v) is 8.41. The number of hydrogen-bond donors (Lipinski definition) is 2. The van der Waals surface area contributed by atoms with Gasteiger partial charge >= 0.3 is 0 Å². The molecule has 0 unspecified atom stereocenters. The van der Waals surface area contributed by atoms with Crippen LogP contribution in [0.4, 0.5) is 5.69 Å². The van der Waals surface area contributed by atoms with E-state index in [1.807, 2.05) is 19.9 Å². The summed E-state index contributed by atoms with van der Waals surface area (Å²) in [6.45, 7) is 4.75. The number of aromatic amines is 1. The fourth-order valence-corrected chi connectivity index (χ4v) is 4.06. The quantitative estimate of drug-likeness (QED) is 0.261. The Balaban J connectivity index is 1.49. The van der Waals surface area contributed by atoms with Crippen LogP contribution in [0.15, 0.2) is 58.6 Å². The second kappa shape index (κ2) is 10.6. The van der Waals surface area contributed by atoms with Gasteiger partial charge in [-0.05, 0) is 44.2 Å². The molecule has 0 radical (unpaired) electrons. The summed E-state index contributed by atoms with van der Waals surface area (Å²) in [5, 5.41) is 8.28. The molecule has 4 rings (SSSR count). The highest BCUT2D eigenvalue weighted by molar-refractivity contribution is 7.99. The molecule has 0 fully saturated rings. The number of fused-ring (bicyclic) bond motifs is 1. The summed E-state index contributed by atoms with van der Waals surface area (Å²) in [5.41, 5.74) is 1.29. The van der Waals surface area contributed by atoms with Gasteiger partial charge in [-0.15, -0.1) is 0 Å². The van der Waals surface area contributed by atoms with E-state index in [9.17, 15) is 9.59 Å². The van der Waals surface area contributed by atoms with Gasteiger partial charge in [0.1, 0.15) is 5.39 Å².